The van der Waals surface area contributed by atoms with Gasteiger partial charge in [0, 0.05) is 25.0 Å². The average Bonchev–Trinajstić information content (AvgIpc) is 3.04. The highest BCUT2D eigenvalue weighted by atomic mass is 16.5. The number of carbonyl (C=O) groups is 5. The number of carbonyl (C=O) groups excluding carboxylic acids is 5. The van der Waals surface area contributed by atoms with Crippen LogP contribution in [0.5, 0.6) is 0 Å². The van der Waals surface area contributed by atoms with Crippen molar-refractivity contribution in [2.24, 2.45) is 22.2 Å². The minimum atomic E-state index is -1.56. The van der Waals surface area contributed by atoms with Crippen LogP contribution >= 0.6 is 0 Å². The van der Waals surface area contributed by atoms with Gasteiger partial charge in [0.05, 0.1) is 0 Å². The molecular weight excluding hydrogens is 458 g/mol. The van der Waals surface area contributed by atoms with Gasteiger partial charge in [-0.05, 0) is 6.42 Å². The molecule has 1 fully saturated rings. The second kappa shape index (κ2) is 11.5. The predicted molar refractivity (Wildman–Crippen MR) is 111 cm³/mol. The van der Waals surface area contributed by atoms with Crippen molar-refractivity contribution < 1.29 is 44.1 Å². The van der Waals surface area contributed by atoms with E-state index < -0.39 is 79.0 Å². The van der Waals surface area contributed by atoms with Crippen molar-refractivity contribution in [2.45, 2.75) is 49.7 Å². The van der Waals surface area contributed by atoms with Gasteiger partial charge in [-0.2, -0.15) is 0 Å². The molecule has 0 aromatic carbocycles. The number of hydrogen-bond donors (Lipinski definition) is 8. The molecule has 0 bridgehead atoms. The molecule has 16 nitrogen and oxygen atoms in total. The van der Waals surface area contributed by atoms with Crippen molar-refractivity contribution in [3.63, 3.8) is 0 Å². The first-order valence-electron chi connectivity index (χ1n) is 10.1. The molecule has 2 rings (SSSR count). The Hall–Kier alpha value is -3.60. The average molecular weight is 485 g/mol. The van der Waals surface area contributed by atoms with Crippen LogP contribution in [0.3, 0.4) is 0 Å². The Labute approximate surface area is 192 Å². The molecule has 2 aliphatic heterocycles. The minimum Gasteiger partial charge on any atom is -0.388 e. The smallest absolute Gasteiger partial charge is 0.268 e. The first-order chi connectivity index (χ1) is 15.9. The third kappa shape index (κ3) is 6.70. The second-order valence-corrected chi connectivity index (χ2v) is 7.56. The predicted octanol–water partition coefficient (Wildman–Crippen LogP) is -5.31. The summed E-state index contributed by atoms with van der Waals surface area (Å²) in [6.07, 6.45) is -5.03. The summed E-state index contributed by atoms with van der Waals surface area (Å²) < 4.78 is 5.51. The van der Waals surface area contributed by atoms with Crippen LogP contribution in [0, 0.1) is 0 Å². The zero-order chi connectivity index (χ0) is 25.6. The summed E-state index contributed by atoms with van der Waals surface area (Å²) >= 11 is 0. The number of hydrogen-bond acceptors (Lipinski definition) is 10. The summed E-state index contributed by atoms with van der Waals surface area (Å²) in [6, 6.07) is -1.56. The summed E-state index contributed by atoms with van der Waals surface area (Å²) in [5.41, 5.74) is 15.3. The molecule has 34 heavy (non-hydrogen) atoms. The Morgan fingerprint density at radius 3 is 2.50 bits per heavy atom. The number of aliphatic imine (C=N–C) groups is 1. The Kier molecular flexibility index (Phi) is 9.02. The molecule has 0 saturated carbocycles. The van der Waals surface area contributed by atoms with E-state index in [9.17, 15) is 39.4 Å². The summed E-state index contributed by atoms with van der Waals surface area (Å²) in [5.74, 6) is -4.51. The van der Waals surface area contributed by atoms with Crippen molar-refractivity contribution in [1.82, 2.24) is 15.7 Å². The Morgan fingerprint density at radius 1 is 1.24 bits per heavy atom. The number of imide groups is 1. The molecule has 0 spiro atoms. The van der Waals surface area contributed by atoms with Gasteiger partial charge in [-0.1, -0.05) is 6.08 Å². The van der Waals surface area contributed by atoms with Crippen LogP contribution in [-0.2, 0) is 28.7 Å². The molecule has 5 amide bonds. The Balaban J connectivity index is 2.05. The lowest BCUT2D eigenvalue weighted by Gasteiger charge is -2.25. The van der Waals surface area contributed by atoms with Crippen LogP contribution in [0.15, 0.2) is 16.6 Å². The van der Waals surface area contributed by atoms with E-state index in [-0.39, 0.29) is 29.9 Å². The van der Waals surface area contributed by atoms with Crippen molar-refractivity contribution in [2.75, 3.05) is 13.1 Å². The van der Waals surface area contributed by atoms with Crippen LogP contribution < -0.4 is 27.8 Å². The number of aliphatic hydroxyl groups excluding tert-OH is 2. The maximum Gasteiger partial charge on any atom is 0.268 e. The molecule has 1 saturated heterocycles. The summed E-state index contributed by atoms with van der Waals surface area (Å²) in [5, 5.41) is 35.2. The number of ether oxygens (including phenoxy) is 1. The van der Waals surface area contributed by atoms with Crippen LogP contribution in [0.4, 0.5) is 0 Å². The molecular formula is C18H27N7O9. The molecule has 11 N–H and O–H groups in total. The van der Waals surface area contributed by atoms with E-state index in [4.69, 9.17) is 21.9 Å². The fourth-order valence-corrected chi connectivity index (χ4v) is 3.33. The number of nitrogens with zero attached hydrogens (tertiary/aromatic N) is 2. The number of nitrogens with two attached hydrogens (primary N) is 3. The number of nitrogens with one attached hydrogen (secondary N) is 2. The van der Waals surface area contributed by atoms with E-state index in [1.807, 2.05) is 0 Å². The van der Waals surface area contributed by atoms with Gasteiger partial charge in [-0.3, -0.25) is 34.5 Å². The second-order valence-electron chi connectivity index (χ2n) is 7.56. The van der Waals surface area contributed by atoms with Gasteiger partial charge in [0.25, 0.3) is 11.8 Å². The molecule has 0 unspecified atom stereocenters. The topological polar surface area (TPSA) is 273 Å². The minimum absolute atomic E-state index is 0.0498. The lowest BCUT2D eigenvalue weighted by atomic mass is 9.98. The monoisotopic (exact) mass is 485 g/mol. The lowest BCUT2D eigenvalue weighted by Crippen LogP contribution is -2.51. The van der Waals surface area contributed by atoms with Crippen molar-refractivity contribution in [1.29, 1.82) is 0 Å². The van der Waals surface area contributed by atoms with E-state index in [1.54, 1.807) is 0 Å². The molecule has 2 aliphatic rings. The standard InChI is InChI=1S/C18H27N7O9/c19-10(26)3-2-8(25(33)12(28)6-23-18(20)21)17(32)22-5-9-13(29)14(30)15(34-9)7-1-4-11(27)24-16(7)31/h1,8-9,13-15,29-30,33H,2-6H2,(H2,19,26)(H,22,32)(H4,20,21,23)(H,24,27,31)/t8-,9+,13+,14+,15-/m0/s1. The van der Waals surface area contributed by atoms with E-state index in [0.717, 1.165) is 0 Å². The van der Waals surface area contributed by atoms with Crippen molar-refractivity contribution in [3.8, 4) is 0 Å². The summed E-state index contributed by atoms with van der Waals surface area (Å²) in [7, 11) is 0. The van der Waals surface area contributed by atoms with Gasteiger partial charge in [-0.25, -0.2) is 10.1 Å². The number of rotatable bonds is 10. The van der Waals surface area contributed by atoms with E-state index in [0.29, 0.717) is 0 Å². The number of guanidine groups is 1. The van der Waals surface area contributed by atoms with Crippen molar-refractivity contribution in [3.05, 3.63) is 11.6 Å². The van der Waals surface area contributed by atoms with E-state index in [1.165, 1.54) is 6.08 Å². The molecule has 0 aromatic heterocycles. The van der Waals surface area contributed by atoms with Gasteiger partial charge >= 0.3 is 0 Å². The molecule has 0 radical (unpaired) electrons. The highest BCUT2D eigenvalue weighted by molar-refractivity contribution is 6.08. The largest absolute Gasteiger partial charge is 0.388 e. The molecule has 0 aliphatic carbocycles. The molecule has 188 valence electrons. The third-order valence-electron chi connectivity index (χ3n) is 5.08. The molecule has 5 atom stereocenters. The first-order valence-corrected chi connectivity index (χ1v) is 10.1. The van der Waals surface area contributed by atoms with Crippen molar-refractivity contribution >= 4 is 35.5 Å². The van der Waals surface area contributed by atoms with E-state index in [2.05, 4.69) is 15.6 Å². The normalized spacial score (nSPS) is 25.1. The lowest BCUT2D eigenvalue weighted by molar-refractivity contribution is -0.179. The SMILES string of the molecule is NC(=O)CC[C@@H](C(=O)NC[C@H]1O[C@@H](C2=CCC(=O)NC2=O)[C@H](O)[C@@H]1O)N(O)C(=O)CN=C(N)N. The quantitative estimate of drug-likeness (QED) is 0.0475. The zero-order valence-corrected chi connectivity index (χ0v) is 17.9. The molecule has 2 heterocycles. The Morgan fingerprint density at radius 2 is 1.91 bits per heavy atom. The van der Waals surface area contributed by atoms with Crippen LogP contribution in [0.25, 0.3) is 0 Å². The number of hydroxylamine groups is 2. The van der Waals surface area contributed by atoms with Gasteiger partial charge in [0.15, 0.2) is 5.96 Å². The third-order valence-corrected chi connectivity index (χ3v) is 5.08. The van der Waals surface area contributed by atoms with Crippen LogP contribution in [0.2, 0.25) is 0 Å². The highest BCUT2D eigenvalue weighted by Gasteiger charge is 2.46. The highest BCUT2D eigenvalue weighted by Crippen LogP contribution is 2.27. The maximum absolute atomic E-state index is 12.6. The van der Waals surface area contributed by atoms with Crippen LogP contribution in [-0.4, -0.2) is 99.5 Å². The van der Waals surface area contributed by atoms with Gasteiger partial charge in [0.1, 0.15) is 37.0 Å². The molecule has 16 heteroatoms. The summed E-state index contributed by atoms with van der Waals surface area (Å²) in [4.78, 5) is 62.5. The number of primary amides is 1. The van der Waals surface area contributed by atoms with Crippen LogP contribution in [0.1, 0.15) is 19.3 Å². The number of aliphatic hydroxyl groups is 2. The van der Waals surface area contributed by atoms with Gasteiger partial charge < -0.3 is 37.5 Å². The fourth-order valence-electron chi connectivity index (χ4n) is 3.33. The molecule has 0 aromatic rings. The first kappa shape index (κ1) is 26.7. The van der Waals surface area contributed by atoms with Gasteiger partial charge in [0.2, 0.25) is 17.7 Å². The maximum atomic E-state index is 12.6. The van der Waals surface area contributed by atoms with Gasteiger partial charge in [-0.15, -0.1) is 0 Å². The Bertz CT molecular complexity index is 902. The zero-order valence-electron chi connectivity index (χ0n) is 17.9. The fraction of sp³-hybridized carbons (Fsp3) is 0.556. The number of amides is 5. The summed E-state index contributed by atoms with van der Waals surface area (Å²) in [6.45, 7) is -1.07. The van der Waals surface area contributed by atoms with E-state index >= 15 is 0 Å².